The van der Waals surface area contributed by atoms with Crippen molar-refractivity contribution in [3.05, 3.63) is 35.4 Å². The molecule has 1 nitrogen and oxygen atoms in total. The van der Waals surface area contributed by atoms with Gasteiger partial charge < -0.3 is 5.11 Å². The van der Waals surface area contributed by atoms with Gasteiger partial charge in [-0.1, -0.05) is 52.0 Å². The highest BCUT2D eigenvalue weighted by atomic mass is 32.2. The van der Waals surface area contributed by atoms with Crippen LogP contribution in [0.5, 0.6) is 0 Å². The first-order valence-corrected chi connectivity index (χ1v) is 8.40. The monoisotopic (exact) mass is 278 g/mol. The fourth-order valence-electron chi connectivity index (χ4n) is 2.85. The van der Waals surface area contributed by atoms with E-state index in [1.54, 1.807) is 0 Å². The highest BCUT2D eigenvalue weighted by Gasteiger charge is 2.46. The van der Waals surface area contributed by atoms with Crippen LogP contribution in [-0.4, -0.2) is 16.6 Å². The molecule has 1 unspecified atom stereocenters. The molecule has 2 rings (SSSR count). The van der Waals surface area contributed by atoms with E-state index in [4.69, 9.17) is 0 Å². The highest BCUT2D eigenvalue weighted by molar-refractivity contribution is 7.99. The predicted octanol–water partition coefficient (Wildman–Crippen LogP) is 4.24. The molecule has 19 heavy (non-hydrogen) atoms. The van der Waals surface area contributed by atoms with E-state index in [-0.39, 0.29) is 5.41 Å². The van der Waals surface area contributed by atoms with Crippen LogP contribution in [0.15, 0.2) is 24.3 Å². The third-order valence-electron chi connectivity index (χ3n) is 4.35. The first kappa shape index (κ1) is 14.9. The molecule has 0 aliphatic carbocycles. The van der Waals surface area contributed by atoms with Crippen molar-refractivity contribution in [1.29, 1.82) is 0 Å². The molecule has 1 aliphatic rings. The summed E-state index contributed by atoms with van der Waals surface area (Å²) in [6, 6.07) is 8.58. The van der Waals surface area contributed by atoms with Crippen LogP contribution < -0.4 is 0 Å². The Labute approximate surface area is 121 Å². The minimum Gasteiger partial charge on any atom is -0.384 e. The number of aliphatic hydroxyl groups is 1. The van der Waals surface area contributed by atoms with Crippen LogP contribution in [-0.2, 0) is 12.0 Å². The molecule has 1 heterocycles. The Morgan fingerprint density at radius 3 is 2.68 bits per heavy atom. The maximum Gasteiger partial charge on any atom is 0.104 e. The lowest BCUT2D eigenvalue weighted by Crippen LogP contribution is -2.47. The van der Waals surface area contributed by atoms with Gasteiger partial charge in [0.15, 0.2) is 0 Å². The summed E-state index contributed by atoms with van der Waals surface area (Å²) in [6.45, 7) is 8.87. The lowest BCUT2D eigenvalue weighted by Gasteiger charge is -2.46. The largest absolute Gasteiger partial charge is 0.384 e. The maximum absolute atomic E-state index is 11.2. The van der Waals surface area contributed by atoms with E-state index in [2.05, 4.69) is 52.0 Å². The summed E-state index contributed by atoms with van der Waals surface area (Å²) in [5, 5.41) is 11.2. The fourth-order valence-corrected chi connectivity index (χ4v) is 4.50. The van der Waals surface area contributed by atoms with Gasteiger partial charge in [-0.25, -0.2) is 0 Å². The van der Waals surface area contributed by atoms with Gasteiger partial charge in [0, 0.05) is 5.75 Å². The Bertz CT molecular complexity index is 439. The number of rotatable bonds is 3. The number of thioether (sulfide) groups is 1. The molecule has 0 bridgehead atoms. The topological polar surface area (TPSA) is 20.2 Å². The van der Waals surface area contributed by atoms with Crippen LogP contribution in [0, 0.1) is 11.3 Å². The number of hydrogen-bond acceptors (Lipinski definition) is 2. The van der Waals surface area contributed by atoms with Crippen molar-refractivity contribution in [3.63, 3.8) is 0 Å². The van der Waals surface area contributed by atoms with Gasteiger partial charge in [-0.05, 0) is 41.1 Å². The van der Waals surface area contributed by atoms with Crippen LogP contribution in [0.1, 0.15) is 45.2 Å². The zero-order valence-electron chi connectivity index (χ0n) is 12.6. The van der Waals surface area contributed by atoms with Gasteiger partial charge in [0.2, 0.25) is 0 Å². The maximum atomic E-state index is 11.2. The van der Waals surface area contributed by atoms with E-state index >= 15 is 0 Å². The zero-order chi connectivity index (χ0) is 14.1. The molecule has 1 saturated heterocycles. The SMILES string of the molecule is CC(C)Cc1cccc(C2(O)CSCCC2(C)C)c1. The van der Waals surface area contributed by atoms with Crippen molar-refractivity contribution in [1.82, 2.24) is 0 Å². The van der Waals surface area contributed by atoms with Gasteiger partial charge >= 0.3 is 0 Å². The molecule has 1 atom stereocenters. The summed E-state index contributed by atoms with van der Waals surface area (Å²) in [5.74, 6) is 2.62. The minimum atomic E-state index is -0.692. The van der Waals surface area contributed by atoms with Gasteiger partial charge in [-0.2, -0.15) is 11.8 Å². The molecule has 1 N–H and O–H groups in total. The molecule has 0 radical (unpaired) electrons. The molecule has 1 fully saturated rings. The highest BCUT2D eigenvalue weighted by Crippen LogP contribution is 2.48. The van der Waals surface area contributed by atoms with Crippen molar-refractivity contribution in [3.8, 4) is 0 Å². The average molecular weight is 278 g/mol. The van der Waals surface area contributed by atoms with Gasteiger partial charge in [0.05, 0.1) is 0 Å². The van der Waals surface area contributed by atoms with Gasteiger partial charge in [-0.3, -0.25) is 0 Å². The predicted molar refractivity (Wildman–Crippen MR) is 84.6 cm³/mol. The van der Waals surface area contributed by atoms with E-state index in [1.807, 2.05) is 11.8 Å². The molecule has 0 amide bonds. The van der Waals surface area contributed by atoms with Crippen LogP contribution >= 0.6 is 11.8 Å². The van der Waals surface area contributed by atoms with Crippen molar-refractivity contribution in [2.75, 3.05) is 11.5 Å². The van der Waals surface area contributed by atoms with Crippen molar-refractivity contribution < 1.29 is 5.11 Å². The number of hydrogen-bond donors (Lipinski definition) is 1. The second kappa shape index (κ2) is 5.49. The summed E-state index contributed by atoms with van der Waals surface area (Å²) >= 11 is 1.87. The third kappa shape index (κ3) is 3.00. The van der Waals surface area contributed by atoms with Crippen LogP contribution in [0.25, 0.3) is 0 Å². The minimum absolute atomic E-state index is 0.0469. The molecule has 106 valence electrons. The van der Waals surface area contributed by atoms with Crippen molar-refractivity contribution >= 4 is 11.8 Å². The second-order valence-electron chi connectivity index (χ2n) is 6.85. The molecule has 0 saturated carbocycles. The van der Waals surface area contributed by atoms with Crippen molar-refractivity contribution in [2.45, 2.75) is 46.1 Å². The Kier molecular flexibility index (Phi) is 4.32. The van der Waals surface area contributed by atoms with E-state index < -0.39 is 5.60 Å². The first-order chi connectivity index (χ1) is 8.85. The summed E-state index contributed by atoms with van der Waals surface area (Å²) in [5.41, 5.74) is 1.70. The van der Waals surface area contributed by atoms with Crippen molar-refractivity contribution in [2.24, 2.45) is 11.3 Å². The average Bonchev–Trinajstić information content (AvgIpc) is 2.32. The van der Waals surface area contributed by atoms with Gasteiger partial charge in [-0.15, -0.1) is 0 Å². The molecular formula is C17H26OS. The lowest BCUT2D eigenvalue weighted by atomic mass is 9.69. The fraction of sp³-hybridized carbons (Fsp3) is 0.647. The summed E-state index contributed by atoms with van der Waals surface area (Å²) in [6.07, 6.45) is 2.15. The Balaban J connectivity index is 2.34. The zero-order valence-corrected chi connectivity index (χ0v) is 13.4. The summed E-state index contributed by atoms with van der Waals surface area (Å²) in [7, 11) is 0. The molecule has 1 aromatic carbocycles. The standard InChI is InChI=1S/C17H26OS/c1-13(2)10-14-6-5-7-15(11-14)17(18)12-19-9-8-16(17,3)4/h5-7,11,13,18H,8-10,12H2,1-4H3. The Morgan fingerprint density at radius 1 is 1.32 bits per heavy atom. The van der Waals surface area contributed by atoms with Crippen LogP contribution in [0.4, 0.5) is 0 Å². The van der Waals surface area contributed by atoms with E-state index in [9.17, 15) is 5.11 Å². The normalized spacial score (nSPS) is 26.6. The molecule has 1 aliphatic heterocycles. The smallest absolute Gasteiger partial charge is 0.104 e. The summed E-state index contributed by atoms with van der Waals surface area (Å²) < 4.78 is 0. The number of benzene rings is 1. The molecule has 0 spiro atoms. The molecule has 0 aromatic heterocycles. The second-order valence-corrected chi connectivity index (χ2v) is 7.95. The van der Waals surface area contributed by atoms with Gasteiger partial charge in [0.1, 0.15) is 5.60 Å². The summed E-state index contributed by atoms with van der Waals surface area (Å²) in [4.78, 5) is 0. The molecular weight excluding hydrogens is 252 g/mol. The Morgan fingerprint density at radius 2 is 2.05 bits per heavy atom. The lowest BCUT2D eigenvalue weighted by molar-refractivity contribution is -0.0579. The van der Waals surface area contributed by atoms with E-state index in [0.29, 0.717) is 5.92 Å². The van der Waals surface area contributed by atoms with E-state index in [1.165, 1.54) is 5.56 Å². The van der Waals surface area contributed by atoms with Crippen LogP contribution in [0.3, 0.4) is 0 Å². The van der Waals surface area contributed by atoms with E-state index in [0.717, 1.165) is 29.9 Å². The third-order valence-corrected chi connectivity index (χ3v) is 5.47. The van der Waals surface area contributed by atoms with Crippen LogP contribution in [0.2, 0.25) is 0 Å². The quantitative estimate of drug-likeness (QED) is 0.892. The molecule has 1 aromatic rings. The molecule has 2 heteroatoms. The first-order valence-electron chi connectivity index (χ1n) is 7.25. The van der Waals surface area contributed by atoms with Gasteiger partial charge in [0.25, 0.3) is 0 Å². The Hall–Kier alpha value is -0.470.